The van der Waals surface area contributed by atoms with Crippen LogP contribution in [0.4, 0.5) is 0 Å². The number of hydrogen-bond acceptors (Lipinski definition) is 1. The molecule has 2 nitrogen and oxygen atoms in total. The molecule has 0 aliphatic heterocycles. The second kappa shape index (κ2) is 4.31. The van der Waals surface area contributed by atoms with Crippen LogP contribution in [-0.2, 0) is 6.42 Å². The molecule has 0 N–H and O–H groups in total. The van der Waals surface area contributed by atoms with Crippen molar-refractivity contribution in [2.75, 3.05) is 0 Å². The van der Waals surface area contributed by atoms with Gasteiger partial charge >= 0.3 is 0 Å². The average Bonchev–Trinajstić information content (AvgIpc) is 3.16. The highest BCUT2D eigenvalue weighted by Crippen LogP contribution is 2.40. The fraction of sp³-hybridized carbons (Fsp3) is 0.0500. The highest BCUT2D eigenvalue weighted by atomic mass is 15.0. The van der Waals surface area contributed by atoms with Crippen LogP contribution >= 0.6 is 0 Å². The van der Waals surface area contributed by atoms with Gasteiger partial charge in [-0.3, -0.25) is 4.57 Å². The fourth-order valence-electron chi connectivity index (χ4n) is 3.52. The molecule has 0 bridgehead atoms. The third-order valence-electron chi connectivity index (χ3n) is 4.52. The van der Waals surface area contributed by atoms with Gasteiger partial charge in [-0.15, -0.1) is 0 Å². The molecule has 104 valence electrons. The second-order valence-corrected chi connectivity index (χ2v) is 5.74. The Kier molecular flexibility index (Phi) is 2.30. The van der Waals surface area contributed by atoms with E-state index in [-0.39, 0.29) is 0 Å². The summed E-state index contributed by atoms with van der Waals surface area (Å²) in [5, 5.41) is 0. The van der Waals surface area contributed by atoms with Gasteiger partial charge in [0.1, 0.15) is 6.33 Å². The minimum absolute atomic E-state index is 0.987. The van der Waals surface area contributed by atoms with Gasteiger partial charge < -0.3 is 0 Å². The van der Waals surface area contributed by atoms with Crippen LogP contribution in [-0.4, -0.2) is 9.55 Å². The molecule has 22 heavy (non-hydrogen) atoms. The zero-order valence-corrected chi connectivity index (χ0v) is 12.0. The van der Waals surface area contributed by atoms with Crippen molar-refractivity contribution < 1.29 is 0 Å². The van der Waals surface area contributed by atoms with Crippen molar-refractivity contribution in [3.05, 3.63) is 84.2 Å². The molecule has 1 aliphatic rings. The number of imidazole rings is 1. The Morgan fingerprint density at radius 2 is 1.59 bits per heavy atom. The maximum Gasteiger partial charge on any atom is 0.100 e. The lowest BCUT2D eigenvalue weighted by atomic mass is 10.0. The van der Waals surface area contributed by atoms with E-state index in [2.05, 4.69) is 70.2 Å². The summed E-state index contributed by atoms with van der Waals surface area (Å²) < 4.78 is 2.21. The summed E-state index contributed by atoms with van der Waals surface area (Å²) >= 11 is 0. The Balaban J connectivity index is 1.83. The number of rotatable bonds is 1. The van der Waals surface area contributed by atoms with Crippen LogP contribution < -0.4 is 0 Å². The van der Waals surface area contributed by atoms with Crippen LogP contribution in [0, 0.1) is 0 Å². The minimum Gasteiger partial charge on any atom is -0.299 e. The van der Waals surface area contributed by atoms with E-state index in [0.717, 1.165) is 17.6 Å². The van der Waals surface area contributed by atoms with Crippen molar-refractivity contribution in [2.24, 2.45) is 0 Å². The van der Waals surface area contributed by atoms with E-state index in [4.69, 9.17) is 0 Å². The minimum atomic E-state index is 0.987. The first kappa shape index (κ1) is 11.8. The Bertz CT molecular complexity index is 997. The van der Waals surface area contributed by atoms with Crippen molar-refractivity contribution in [2.45, 2.75) is 6.42 Å². The Hall–Kier alpha value is -2.87. The first-order chi connectivity index (χ1) is 10.9. The maximum atomic E-state index is 4.60. The molecule has 0 unspecified atom stereocenters. The van der Waals surface area contributed by atoms with Gasteiger partial charge in [0.05, 0.1) is 11.0 Å². The zero-order chi connectivity index (χ0) is 14.5. The number of fused-ring (bicyclic) bond motifs is 5. The summed E-state index contributed by atoms with van der Waals surface area (Å²) in [7, 11) is 0. The molecular weight excluding hydrogens is 268 g/mol. The first-order valence-electron chi connectivity index (χ1n) is 7.54. The number of hydrogen-bond donors (Lipinski definition) is 0. The number of para-hydroxylation sites is 1. The van der Waals surface area contributed by atoms with Gasteiger partial charge in [-0.25, -0.2) is 4.98 Å². The van der Waals surface area contributed by atoms with Gasteiger partial charge in [0.25, 0.3) is 0 Å². The van der Waals surface area contributed by atoms with Crippen molar-refractivity contribution >= 4 is 11.0 Å². The van der Waals surface area contributed by atoms with Crippen molar-refractivity contribution in [1.82, 2.24) is 9.55 Å². The lowest BCUT2D eigenvalue weighted by Gasteiger charge is -2.08. The number of benzene rings is 3. The van der Waals surface area contributed by atoms with E-state index in [1.807, 2.05) is 12.4 Å². The topological polar surface area (TPSA) is 17.8 Å². The SMILES string of the molecule is c1ccc(-n2cnc3ccc4c(c32)Cc2ccccc2-4)cc1. The van der Waals surface area contributed by atoms with Gasteiger partial charge in [-0.05, 0) is 40.5 Å². The molecule has 0 radical (unpaired) electrons. The molecule has 0 atom stereocenters. The molecule has 1 heterocycles. The molecule has 0 spiro atoms. The maximum absolute atomic E-state index is 4.60. The number of aromatic nitrogens is 2. The molecule has 0 fully saturated rings. The highest BCUT2D eigenvalue weighted by molar-refractivity contribution is 5.92. The molecular formula is C20H14N2. The van der Waals surface area contributed by atoms with Crippen LogP contribution in [0.25, 0.3) is 27.8 Å². The fourth-order valence-corrected chi connectivity index (χ4v) is 3.52. The van der Waals surface area contributed by atoms with Gasteiger partial charge in [0.2, 0.25) is 0 Å². The third-order valence-corrected chi connectivity index (χ3v) is 4.52. The summed E-state index contributed by atoms with van der Waals surface area (Å²) in [5.74, 6) is 0. The molecule has 3 aromatic carbocycles. The summed E-state index contributed by atoms with van der Waals surface area (Å²) in [6.07, 6.45) is 2.92. The van der Waals surface area contributed by atoms with Gasteiger partial charge in [-0.2, -0.15) is 0 Å². The van der Waals surface area contributed by atoms with Crippen LogP contribution in [0.15, 0.2) is 73.1 Å². The molecule has 0 saturated carbocycles. The first-order valence-corrected chi connectivity index (χ1v) is 7.54. The monoisotopic (exact) mass is 282 g/mol. The standard InChI is InChI=1S/C20H14N2/c1-2-7-15(8-3-1)22-13-21-19-11-10-17-16-9-5-4-6-14(16)12-18(17)20(19)22/h1-11,13H,12H2. The van der Waals surface area contributed by atoms with E-state index in [9.17, 15) is 0 Å². The second-order valence-electron chi connectivity index (χ2n) is 5.74. The predicted molar refractivity (Wildman–Crippen MR) is 89.3 cm³/mol. The quantitative estimate of drug-likeness (QED) is 0.439. The summed E-state index contributed by atoms with van der Waals surface area (Å²) in [6, 6.07) is 23.5. The van der Waals surface area contributed by atoms with Crippen molar-refractivity contribution in [3.8, 4) is 16.8 Å². The van der Waals surface area contributed by atoms with E-state index >= 15 is 0 Å². The zero-order valence-electron chi connectivity index (χ0n) is 12.0. The van der Waals surface area contributed by atoms with Gasteiger partial charge in [0.15, 0.2) is 0 Å². The van der Waals surface area contributed by atoms with Crippen LogP contribution in [0.1, 0.15) is 11.1 Å². The lowest BCUT2D eigenvalue weighted by Crippen LogP contribution is -1.94. The summed E-state index contributed by atoms with van der Waals surface area (Å²) in [5.41, 5.74) is 8.97. The third kappa shape index (κ3) is 1.52. The molecule has 1 aromatic heterocycles. The normalized spacial score (nSPS) is 12.4. The highest BCUT2D eigenvalue weighted by Gasteiger charge is 2.22. The van der Waals surface area contributed by atoms with Crippen molar-refractivity contribution in [3.63, 3.8) is 0 Å². The molecule has 1 aliphatic carbocycles. The lowest BCUT2D eigenvalue weighted by molar-refractivity contribution is 1.08. The van der Waals surface area contributed by atoms with E-state index in [1.54, 1.807) is 0 Å². The van der Waals surface area contributed by atoms with Gasteiger partial charge in [-0.1, -0.05) is 48.5 Å². The van der Waals surface area contributed by atoms with Crippen LogP contribution in [0.5, 0.6) is 0 Å². The largest absolute Gasteiger partial charge is 0.299 e. The van der Waals surface area contributed by atoms with Crippen LogP contribution in [0.3, 0.4) is 0 Å². The number of nitrogens with zero attached hydrogens (tertiary/aromatic N) is 2. The molecule has 0 amide bonds. The van der Waals surface area contributed by atoms with Crippen LogP contribution in [0.2, 0.25) is 0 Å². The molecule has 0 saturated heterocycles. The molecule has 2 heteroatoms. The van der Waals surface area contributed by atoms with E-state index in [1.165, 1.54) is 27.8 Å². The van der Waals surface area contributed by atoms with E-state index < -0.39 is 0 Å². The summed E-state index contributed by atoms with van der Waals surface area (Å²) in [4.78, 5) is 4.60. The van der Waals surface area contributed by atoms with Crippen molar-refractivity contribution in [1.29, 1.82) is 0 Å². The van der Waals surface area contributed by atoms with Gasteiger partial charge in [0, 0.05) is 12.1 Å². The molecule has 5 rings (SSSR count). The Morgan fingerprint density at radius 1 is 0.773 bits per heavy atom. The van der Waals surface area contributed by atoms with E-state index in [0.29, 0.717) is 0 Å². The average molecular weight is 282 g/mol. The molecule has 4 aromatic rings. The predicted octanol–water partition coefficient (Wildman–Crippen LogP) is 4.60. The Morgan fingerprint density at radius 3 is 2.50 bits per heavy atom. The smallest absolute Gasteiger partial charge is 0.100 e. The summed E-state index contributed by atoms with van der Waals surface area (Å²) in [6.45, 7) is 0. The Labute approximate surface area is 128 Å².